The molecule has 0 aliphatic rings. The molecular weight excluding hydrogens is 232 g/mol. The highest BCUT2D eigenvalue weighted by Crippen LogP contribution is 2.07. The van der Waals surface area contributed by atoms with Gasteiger partial charge in [0, 0.05) is 12.2 Å². The van der Waals surface area contributed by atoms with Crippen molar-refractivity contribution in [3.63, 3.8) is 0 Å². The summed E-state index contributed by atoms with van der Waals surface area (Å²) in [4.78, 5) is 0. The molecule has 0 aliphatic heterocycles. The third-order valence-corrected chi connectivity index (χ3v) is 2.56. The second-order valence-corrected chi connectivity index (χ2v) is 4.06. The summed E-state index contributed by atoms with van der Waals surface area (Å²) in [6, 6.07) is 7.81. The van der Waals surface area contributed by atoms with Gasteiger partial charge in [-0.1, -0.05) is 42.5 Å². The molecule has 0 amide bonds. The third-order valence-electron chi connectivity index (χ3n) is 2.56. The molecule has 0 fully saturated rings. The van der Waals surface area contributed by atoms with Gasteiger partial charge in [-0.25, -0.2) is 0 Å². The first-order valence-electron chi connectivity index (χ1n) is 6.52. The molecule has 0 heterocycles. The lowest BCUT2D eigenvalue weighted by Crippen LogP contribution is -2.01. The van der Waals surface area contributed by atoms with Gasteiger partial charge < -0.3 is 11.1 Å². The Labute approximate surface area is 116 Å². The molecule has 0 radical (unpaired) electrons. The smallest absolute Gasteiger partial charge is 0.0314 e. The Kier molecular flexibility index (Phi) is 6.88. The molecule has 3 N–H and O–H groups in total. The van der Waals surface area contributed by atoms with Gasteiger partial charge in [0.05, 0.1) is 0 Å². The monoisotopic (exact) mass is 254 g/mol. The molecule has 2 nitrogen and oxygen atoms in total. The molecule has 0 saturated carbocycles. The minimum absolute atomic E-state index is 0.789. The van der Waals surface area contributed by atoms with Gasteiger partial charge in [0.25, 0.3) is 0 Å². The number of anilines is 1. The van der Waals surface area contributed by atoms with Gasteiger partial charge in [0.2, 0.25) is 0 Å². The SMILES string of the molecule is C/C=C(\C=C/NCC)/C=C/C=C/c1ccc(N)cc1. The molecule has 1 aromatic carbocycles. The molecule has 0 unspecified atom stereocenters. The van der Waals surface area contributed by atoms with Crippen molar-refractivity contribution in [3.05, 3.63) is 72.0 Å². The maximum atomic E-state index is 5.64. The molecule has 0 atom stereocenters. The molecule has 0 saturated heterocycles. The average Bonchev–Trinajstić information content (AvgIpc) is 2.43. The van der Waals surface area contributed by atoms with E-state index in [1.165, 1.54) is 5.57 Å². The zero-order valence-corrected chi connectivity index (χ0v) is 11.6. The van der Waals surface area contributed by atoms with Gasteiger partial charge in [-0.15, -0.1) is 0 Å². The Balaban J connectivity index is 2.54. The predicted octanol–water partition coefficient (Wildman–Crippen LogP) is 3.91. The summed E-state index contributed by atoms with van der Waals surface area (Å²) in [6.07, 6.45) is 14.3. The number of nitrogens with two attached hydrogens (primary N) is 1. The van der Waals surface area contributed by atoms with E-state index in [1.807, 2.05) is 49.5 Å². The van der Waals surface area contributed by atoms with E-state index in [9.17, 15) is 0 Å². The summed E-state index contributed by atoms with van der Waals surface area (Å²) >= 11 is 0. The largest absolute Gasteiger partial charge is 0.399 e. The van der Waals surface area contributed by atoms with Crippen molar-refractivity contribution in [1.29, 1.82) is 0 Å². The van der Waals surface area contributed by atoms with E-state index >= 15 is 0 Å². The lowest BCUT2D eigenvalue weighted by Gasteiger charge is -1.94. The van der Waals surface area contributed by atoms with Gasteiger partial charge >= 0.3 is 0 Å². The van der Waals surface area contributed by atoms with Gasteiger partial charge in [-0.3, -0.25) is 0 Å². The van der Waals surface area contributed by atoms with E-state index in [-0.39, 0.29) is 0 Å². The molecular formula is C17H22N2. The van der Waals surface area contributed by atoms with Crippen LogP contribution in [0, 0.1) is 0 Å². The van der Waals surface area contributed by atoms with E-state index in [2.05, 4.69) is 36.5 Å². The number of rotatable bonds is 6. The Morgan fingerprint density at radius 3 is 2.53 bits per heavy atom. The summed E-state index contributed by atoms with van der Waals surface area (Å²) in [7, 11) is 0. The first-order chi connectivity index (χ1) is 9.26. The van der Waals surface area contributed by atoms with E-state index in [4.69, 9.17) is 5.73 Å². The number of hydrogen-bond acceptors (Lipinski definition) is 2. The highest BCUT2D eigenvalue weighted by Gasteiger charge is 1.85. The fraction of sp³-hybridized carbons (Fsp3) is 0.176. The Morgan fingerprint density at radius 2 is 1.89 bits per heavy atom. The summed E-state index contributed by atoms with van der Waals surface area (Å²) < 4.78 is 0. The third kappa shape index (κ3) is 6.32. The zero-order chi connectivity index (χ0) is 13.9. The average molecular weight is 254 g/mol. The number of nitrogen functional groups attached to an aromatic ring is 1. The minimum atomic E-state index is 0.789. The van der Waals surface area contributed by atoms with Crippen LogP contribution in [0.4, 0.5) is 5.69 Å². The second kappa shape index (κ2) is 8.81. The molecule has 1 rings (SSSR count). The van der Waals surface area contributed by atoms with Crippen LogP contribution in [0.1, 0.15) is 19.4 Å². The Hall–Kier alpha value is -2.22. The molecule has 2 heteroatoms. The first kappa shape index (κ1) is 14.8. The molecule has 0 aromatic heterocycles. The number of allylic oxidation sites excluding steroid dienone is 6. The molecule has 1 aromatic rings. The number of benzene rings is 1. The van der Waals surface area contributed by atoms with Crippen molar-refractivity contribution < 1.29 is 0 Å². The highest BCUT2D eigenvalue weighted by molar-refractivity contribution is 5.55. The molecule has 19 heavy (non-hydrogen) atoms. The minimum Gasteiger partial charge on any atom is -0.399 e. The van der Waals surface area contributed by atoms with Crippen LogP contribution >= 0.6 is 0 Å². The zero-order valence-electron chi connectivity index (χ0n) is 11.6. The molecule has 0 aliphatic carbocycles. The van der Waals surface area contributed by atoms with Crippen molar-refractivity contribution in [2.45, 2.75) is 13.8 Å². The van der Waals surface area contributed by atoms with Crippen molar-refractivity contribution in [1.82, 2.24) is 5.32 Å². The van der Waals surface area contributed by atoms with Gasteiger partial charge in [0.1, 0.15) is 0 Å². The lowest BCUT2D eigenvalue weighted by atomic mass is 10.2. The predicted molar refractivity (Wildman–Crippen MR) is 85.6 cm³/mol. The molecule has 100 valence electrons. The second-order valence-electron chi connectivity index (χ2n) is 4.06. The normalized spacial score (nSPS) is 12.8. The fourth-order valence-electron chi connectivity index (χ4n) is 1.46. The van der Waals surface area contributed by atoms with Gasteiger partial charge in [-0.2, -0.15) is 0 Å². The molecule has 0 spiro atoms. The summed E-state index contributed by atoms with van der Waals surface area (Å²) in [5, 5.41) is 3.15. The van der Waals surface area contributed by atoms with E-state index in [1.54, 1.807) is 0 Å². The van der Waals surface area contributed by atoms with Crippen LogP contribution in [-0.4, -0.2) is 6.54 Å². The maximum absolute atomic E-state index is 5.64. The van der Waals surface area contributed by atoms with Crippen LogP contribution < -0.4 is 11.1 Å². The van der Waals surface area contributed by atoms with Crippen LogP contribution in [-0.2, 0) is 0 Å². The molecule has 0 bridgehead atoms. The Morgan fingerprint density at radius 1 is 1.16 bits per heavy atom. The van der Waals surface area contributed by atoms with Crippen LogP contribution in [0.3, 0.4) is 0 Å². The van der Waals surface area contributed by atoms with E-state index in [0.717, 1.165) is 17.8 Å². The van der Waals surface area contributed by atoms with Crippen LogP contribution in [0.2, 0.25) is 0 Å². The van der Waals surface area contributed by atoms with Crippen molar-refractivity contribution in [2.24, 2.45) is 0 Å². The summed E-state index contributed by atoms with van der Waals surface area (Å²) in [5.41, 5.74) is 8.74. The van der Waals surface area contributed by atoms with Gasteiger partial charge in [-0.05, 0) is 49.4 Å². The quantitative estimate of drug-likeness (QED) is 0.596. The Bertz CT molecular complexity index is 476. The van der Waals surface area contributed by atoms with Crippen LogP contribution in [0.15, 0.2) is 66.4 Å². The van der Waals surface area contributed by atoms with Crippen LogP contribution in [0.5, 0.6) is 0 Å². The first-order valence-corrected chi connectivity index (χ1v) is 6.52. The standard InChI is InChI=1S/C17H22N2/c1-3-15(13-14-19-4-2)7-5-6-8-16-9-11-17(18)12-10-16/h3,5-14,19H,4,18H2,1-2H3/b7-5+,8-6+,14-13-,15-3-. The fourth-order valence-corrected chi connectivity index (χ4v) is 1.46. The number of nitrogens with one attached hydrogen (secondary N) is 1. The van der Waals surface area contributed by atoms with E-state index < -0.39 is 0 Å². The highest BCUT2D eigenvalue weighted by atomic mass is 14.8. The summed E-state index contributed by atoms with van der Waals surface area (Å²) in [6.45, 7) is 5.04. The van der Waals surface area contributed by atoms with E-state index in [0.29, 0.717) is 0 Å². The number of hydrogen-bond donors (Lipinski definition) is 2. The maximum Gasteiger partial charge on any atom is 0.0314 e. The van der Waals surface area contributed by atoms with Gasteiger partial charge in [0.15, 0.2) is 0 Å². The van der Waals surface area contributed by atoms with Crippen molar-refractivity contribution >= 4 is 11.8 Å². The summed E-state index contributed by atoms with van der Waals surface area (Å²) in [5.74, 6) is 0. The topological polar surface area (TPSA) is 38.0 Å². The van der Waals surface area contributed by atoms with Crippen molar-refractivity contribution in [2.75, 3.05) is 12.3 Å². The lowest BCUT2D eigenvalue weighted by molar-refractivity contribution is 0.919. The van der Waals surface area contributed by atoms with Crippen molar-refractivity contribution in [3.8, 4) is 0 Å². The van der Waals surface area contributed by atoms with Crippen LogP contribution in [0.25, 0.3) is 6.08 Å².